The number of hydrogen-bond donors (Lipinski definition) is 3. The molecule has 1 rings (SSSR count). The number of hydrogen-bond acceptors (Lipinski definition) is 4. The Balaban J connectivity index is 2.31. The molecular formula is C17H25N3O5. The molecule has 1 aromatic rings. The maximum atomic E-state index is 12.0. The number of benzene rings is 1. The van der Waals surface area contributed by atoms with Gasteiger partial charge in [-0.1, -0.05) is 30.3 Å². The summed E-state index contributed by atoms with van der Waals surface area (Å²) in [5.41, 5.74) is 1.00. The summed E-state index contributed by atoms with van der Waals surface area (Å²) in [6.45, 7) is 0.815. The van der Waals surface area contributed by atoms with Crippen molar-refractivity contribution >= 4 is 17.9 Å². The molecule has 0 saturated carbocycles. The molecule has 138 valence electrons. The van der Waals surface area contributed by atoms with Crippen LogP contribution in [0.4, 0.5) is 4.79 Å². The van der Waals surface area contributed by atoms with Crippen molar-refractivity contribution in [1.82, 2.24) is 15.5 Å². The monoisotopic (exact) mass is 351 g/mol. The van der Waals surface area contributed by atoms with Gasteiger partial charge < -0.3 is 25.4 Å². The van der Waals surface area contributed by atoms with E-state index >= 15 is 0 Å². The summed E-state index contributed by atoms with van der Waals surface area (Å²) < 4.78 is 4.81. The van der Waals surface area contributed by atoms with Crippen LogP contribution in [0.25, 0.3) is 0 Å². The Kier molecular flexibility index (Phi) is 9.02. The van der Waals surface area contributed by atoms with E-state index in [9.17, 15) is 14.4 Å². The first-order valence-electron chi connectivity index (χ1n) is 7.98. The lowest BCUT2D eigenvalue weighted by molar-refractivity contribution is -0.142. The second kappa shape index (κ2) is 11.0. The Bertz CT molecular complexity index is 565. The van der Waals surface area contributed by atoms with Gasteiger partial charge in [0, 0.05) is 46.7 Å². The Labute approximate surface area is 147 Å². The Morgan fingerprint density at radius 3 is 2.52 bits per heavy atom. The van der Waals surface area contributed by atoms with Gasteiger partial charge in [-0.3, -0.25) is 4.79 Å². The van der Waals surface area contributed by atoms with Crippen LogP contribution in [0.3, 0.4) is 0 Å². The van der Waals surface area contributed by atoms with Crippen molar-refractivity contribution in [2.45, 2.75) is 25.4 Å². The van der Waals surface area contributed by atoms with Gasteiger partial charge in [-0.15, -0.1) is 0 Å². The molecule has 8 nitrogen and oxygen atoms in total. The highest BCUT2D eigenvalue weighted by Crippen LogP contribution is 2.02. The van der Waals surface area contributed by atoms with Gasteiger partial charge in [0.05, 0.1) is 0 Å². The minimum Gasteiger partial charge on any atom is -0.480 e. The highest BCUT2D eigenvalue weighted by atomic mass is 16.5. The zero-order valence-electron chi connectivity index (χ0n) is 14.5. The highest BCUT2D eigenvalue weighted by Gasteiger charge is 2.19. The van der Waals surface area contributed by atoms with Crippen molar-refractivity contribution in [2.75, 3.05) is 27.3 Å². The standard InChI is InChI=1S/C17H25N3O5/c1-20(12-13-6-4-3-5-7-13)17(24)18-10-8-15(21)19-14(16(22)23)9-11-25-2/h3-7,14H,8-12H2,1-2H3,(H,18,24)(H,19,21)(H,22,23). The van der Waals surface area contributed by atoms with Crippen molar-refractivity contribution in [2.24, 2.45) is 0 Å². The van der Waals surface area contributed by atoms with Crippen LogP contribution in [-0.4, -0.2) is 61.3 Å². The van der Waals surface area contributed by atoms with Gasteiger partial charge in [-0.25, -0.2) is 9.59 Å². The SMILES string of the molecule is COCCC(NC(=O)CCNC(=O)N(C)Cc1ccccc1)C(=O)O. The third kappa shape index (κ3) is 8.16. The van der Waals surface area contributed by atoms with Gasteiger partial charge in [0.2, 0.25) is 5.91 Å². The molecule has 0 aliphatic heterocycles. The molecule has 1 unspecified atom stereocenters. The van der Waals surface area contributed by atoms with E-state index in [-0.39, 0.29) is 32.0 Å². The fourth-order valence-corrected chi connectivity index (χ4v) is 2.11. The predicted molar refractivity (Wildman–Crippen MR) is 92.0 cm³/mol. The molecule has 3 N–H and O–H groups in total. The van der Waals surface area contributed by atoms with E-state index in [0.29, 0.717) is 6.54 Å². The molecule has 25 heavy (non-hydrogen) atoms. The quantitative estimate of drug-likeness (QED) is 0.578. The van der Waals surface area contributed by atoms with E-state index in [1.54, 1.807) is 7.05 Å². The lowest BCUT2D eigenvalue weighted by Crippen LogP contribution is -2.43. The van der Waals surface area contributed by atoms with Crippen LogP contribution in [-0.2, 0) is 20.9 Å². The number of amides is 3. The predicted octanol–water partition coefficient (Wildman–Crippen LogP) is 0.824. The van der Waals surface area contributed by atoms with Crippen molar-refractivity contribution in [3.05, 3.63) is 35.9 Å². The number of nitrogens with one attached hydrogen (secondary N) is 2. The molecule has 0 heterocycles. The van der Waals surface area contributed by atoms with Crippen LogP contribution >= 0.6 is 0 Å². The average molecular weight is 351 g/mol. The van der Waals surface area contributed by atoms with Crippen LogP contribution < -0.4 is 10.6 Å². The summed E-state index contributed by atoms with van der Waals surface area (Å²) in [5, 5.41) is 14.1. The number of carboxylic acid groups (broad SMARTS) is 1. The van der Waals surface area contributed by atoms with Gasteiger partial charge in [0.25, 0.3) is 0 Å². The Morgan fingerprint density at radius 1 is 1.24 bits per heavy atom. The fourth-order valence-electron chi connectivity index (χ4n) is 2.11. The van der Waals surface area contributed by atoms with Crippen LogP contribution in [0.15, 0.2) is 30.3 Å². The summed E-state index contributed by atoms with van der Waals surface area (Å²) in [4.78, 5) is 36.3. The third-order valence-corrected chi connectivity index (χ3v) is 3.48. The molecule has 3 amide bonds. The minimum absolute atomic E-state index is 0.00167. The molecule has 0 saturated heterocycles. The zero-order chi connectivity index (χ0) is 18.7. The van der Waals surface area contributed by atoms with Crippen molar-refractivity contribution in [1.29, 1.82) is 0 Å². The fraction of sp³-hybridized carbons (Fsp3) is 0.471. The first kappa shape index (κ1) is 20.4. The smallest absolute Gasteiger partial charge is 0.326 e. The van der Waals surface area contributed by atoms with Crippen molar-refractivity contribution in [3.8, 4) is 0 Å². The normalized spacial score (nSPS) is 11.4. The average Bonchev–Trinajstić information content (AvgIpc) is 2.59. The summed E-state index contributed by atoms with van der Waals surface area (Å²) in [5.74, 6) is -1.55. The van der Waals surface area contributed by atoms with Crippen LogP contribution in [0.1, 0.15) is 18.4 Å². The zero-order valence-corrected chi connectivity index (χ0v) is 14.5. The lowest BCUT2D eigenvalue weighted by Gasteiger charge is -2.18. The second-order valence-corrected chi connectivity index (χ2v) is 5.56. The van der Waals surface area contributed by atoms with Crippen LogP contribution in [0.5, 0.6) is 0 Å². The molecule has 8 heteroatoms. The molecule has 0 aliphatic rings. The minimum atomic E-state index is -1.11. The Hall–Kier alpha value is -2.61. The first-order valence-corrected chi connectivity index (χ1v) is 7.98. The number of methoxy groups -OCH3 is 1. The molecule has 0 aromatic heterocycles. The number of carbonyl (C=O) groups is 3. The van der Waals surface area contributed by atoms with Gasteiger partial charge in [0.1, 0.15) is 6.04 Å². The highest BCUT2D eigenvalue weighted by molar-refractivity contribution is 5.84. The molecule has 0 fully saturated rings. The number of ether oxygens (including phenoxy) is 1. The first-order chi connectivity index (χ1) is 11.9. The summed E-state index contributed by atoms with van der Waals surface area (Å²) in [6, 6.07) is 8.24. The van der Waals surface area contributed by atoms with E-state index in [2.05, 4.69) is 10.6 Å². The molecule has 1 aromatic carbocycles. The maximum Gasteiger partial charge on any atom is 0.326 e. The van der Waals surface area contributed by atoms with Crippen molar-refractivity contribution in [3.63, 3.8) is 0 Å². The molecule has 1 atom stereocenters. The number of carboxylic acids is 1. The summed E-state index contributed by atoms with van der Waals surface area (Å²) in [7, 11) is 3.12. The van der Waals surface area contributed by atoms with E-state index in [0.717, 1.165) is 5.56 Å². The summed E-state index contributed by atoms with van der Waals surface area (Å²) in [6.07, 6.45) is 0.186. The largest absolute Gasteiger partial charge is 0.480 e. The molecule has 0 bridgehead atoms. The van der Waals surface area contributed by atoms with Crippen molar-refractivity contribution < 1.29 is 24.2 Å². The van der Waals surface area contributed by atoms with Gasteiger partial charge >= 0.3 is 12.0 Å². The molecular weight excluding hydrogens is 326 g/mol. The molecule has 0 aliphatic carbocycles. The number of carbonyl (C=O) groups excluding carboxylic acids is 2. The summed E-state index contributed by atoms with van der Waals surface area (Å²) >= 11 is 0. The number of rotatable bonds is 10. The van der Waals surface area contributed by atoms with Crippen LogP contribution in [0, 0.1) is 0 Å². The topological polar surface area (TPSA) is 108 Å². The molecule has 0 radical (unpaired) electrons. The van der Waals surface area contributed by atoms with E-state index in [4.69, 9.17) is 9.84 Å². The van der Waals surface area contributed by atoms with Gasteiger partial charge in [-0.2, -0.15) is 0 Å². The third-order valence-electron chi connectivity index (χ3n) is 3.48. The second-order valence-electron chi connectivity index (χ2n) is 5.56. The van der Waals surface area contributed by atoms with Gasteiger partial charge in [-0.05, 0) is 5.56 Å². The van der Waals surface area contributed by atoms with Crippen LogP contribution in [0.2, 0.25) is 0 Å². The number of nitrogens with zero attached hydrogens (tertiary/aromatic N) is 1. The lowest BCUT2D eigenvalue weighted by atomic mass is 10.2. The van der Waals surface area contributed by atoms with E-state index < -0.39 is 17.9 Å². The molecule has 0 spiro atoms. The maximum absolute atomic E-state index is 12.0. The number of urea groups is 1. The van der Waals surface area contributed by atoms with E-state index in [1.807, 2.05) is 30.3 Å². The van der Waals surface area contributed by atoms with Gasteiger partial charge in [0.15, 0.2) is 0 Å². The van der Waals surface area contributed by atoms with E-state index in [1.165, 1.54) is 12.0 Å². The number of aliphatic carboxylic acids is 1. The Morgan fingerprint density at radius 2 is 1.92 bits per heavy atom.